The van der Waals surface area contributed by atoms with Gasteiger partial charge in [-0.25, -0.2) is 11.5 Å². The van der Waals surface area contributed by atoms with Gasteiger partial charge in [-0.2, -0.15) is 0 Å². The van der Waals surface area contributed by atoms with Gasteiger partial charge in [0.25, 0.3) is 6.17 Å². The molecule has 4 aliphatic heterocycles. The minimum absolute atomic E-state index is 0.0369. The Balaban J connectivity index is 1.30. The average Bonchev–Trinajstić information content (AvgIpc) is 3.30. The van der Waals surface area contributed by atoms with Crippen LogP contribution < -0.4 is 29.7 Å². The molecular weight excluding hydrogens is 867 g/mol. The number of nitrogens with zero attached hydrogens (tertiary/aromatic N) is 3. The molecule has 0 amide bonds. The van der Waals surface area contributed by atoms with E-state index in [1.807, 2.05) is 38.1 Å². The summed E-state index contributed by atoms with van der Waals surface area (Å²) in [5.41, 5.74) is 7.08. The number of fused-ring (bicyclic) bond motifs is 2. The van der Waals surface area contributed by atoms with Crippen molar-refractivity contribution in [2.75, 3.05) is 75.0 Å². The third kappa shape index (κ3) is 9.52. The molecule has 3 aromatic rings. The minimum Gasteiger partial charge on any atom is -0.504 e. The molecule has 14 nitrogen and oxygen atoms in total. The molecule has 366 valence electrons. The molecule has 4 heterocycles. The predicted octanol–water partition coefficient (Wildman–Crippen LogP) is 7.47. The third-order valence-electron chi connectivity index (χ3n) is 15.4. The van der Waals surface area contributed by atoms with Gasteiger partial charge in [0, 0.05) is 84.2 Å². The SMILES string of the molecule is [C-]#[N+][C@H](C1Cc2c(OC)c(C)c(OC)c(O)c2C(C2Cc3c(OC)c(C)c(OC)c(O)c3[C@H](c3ccc(B4OCC(C)(C)CO4)cc3)N2)N1C)N1CCO[C@@H](CCO[Si](C)(C(C)C)C(C)C)C1. The molecule has 3 aromatic carbocycles. The molecule has 2 saturated heterocycles. The highest BCUT2D eigenvalue weighted by Crippen LogP contribution is 2.55. The number of methoxy groups -OCH3 is 4. The molecule has 0 bridgehead atoms. The van der Waals surface area contributed by atoms with Crippen LogP contribution in [0.5, 0.6) is 34.5 Å². The van der Waals surface area contributed by atoms with E-state index >= 15 is 0 Å². The van der Waals surface area contributed by atoms with Crippen LogP contribution in [0.1, 0.15) is 99.0 Å². The van der Waals surface area contributed by atoms with Crippen LogP contribution in [0, 0.1) is 25.8 Å². The molecule has 0 aliphatic carbocycles. The van der Waals surface area contributed by atoms with E-state index in [0.29, 0.717) is 109 Å². The number of phenolic OH excluding ortho intramolecular Hbond substituents is 2. The molecule has 2 fully saturated rings. The van der Waals surface area contributed by atoms with E-state index in [1.54, 1.807) is 28.4 Å². The molecule has 7 rings (SSSR count). The van der Waals surface area contributed by atoms with Gasteiger partial charge in [0.15, 0.2) is 31.3 Å². The fourth-order valence-electron chi connectivity index (χ4n) is 11.2. The maximum absolute atomic E-state index is 12.4. The summed E-state index contributed by atoms with van der Waals surface area (Å²) in [6.45, 7) is 31.8. The lowest BCUT2D eigenvalue weighted by Crippen LogP contribution is -2.60. The van der Waals surface area contributed by atoms with E-state index in [-0.39, 0.29) is 29.1 Å². The highest BCUT2D eigenvalue weighted by molar-refractivity contribution is 6.75. The van der Waals surface area contributed by atoms with Crippen LogP contribution in [0.25, 0.3) is 4.85 Å². The fraction of sp³-hybridized carbons (Fsp3) is 0.627. The second-order valence-corrected chi connectivity index (χ2v) is 25.6. The second-order valence-electron chi connectivity index (χ2n) is 20.6. The summed E-state index contributed by atoms with van der Waals surface area (Å²) >= 11 is 0. The molecule has 16 heteroatoms. The molecule has 4 aliphatic rings. The van der Waals surface area contributed by atoms with Crippen molar-refractivity contribution >= 4 is 20.9 Å². The molecule has 0 radical (unpaired) electrons. The molecule has 6 atom stereocenters. The Morgan fingerprint density at radius 2 is 1.42 bits per heavy atom. The van der Waals surface area contributed by atoms with Crippen LogP contribution in [-0.4, -0.2) is 135 Å². The number of aromatic hydroxyl groups is 2. The highest BCUT2D eigenvalue weighted by Gasteiger charge is 2.51. The summed E-state index contributed by atoms with van der Waals surface area (Å²) in [5.74, 6) is 2.02. The van der Waals surface area contributed by atoms with Gasteiger partial charge in [-0.1, -0.05) is 65.8 Å². The molecule has 0 spiro atoms. The first kappa shape index (κ1) is 50.8. The van der Waals surface area contributed by atoms with Gasteiger partial charge in [0.05, 0.1) is 53.2 Å². The van der Waals surface area contributed by atoms with Crippen LogP contribution in [0.15, 0.2) is 24.3 Å². The van der Waals surface area contributed by atoms with Crippen LogP contribution in [0.4, 0.5) is 0 Å². The fourth-order valence-corrected chi connectivity index (χ4v) is 13.7. The van der Waals surface area contributed by atoms with Crippen LogP contribution >= 0.6 is 0 Å². The van der Waals surface area contributed by atoms with E-state index in [4.69, 9.17) is 44.0 Å². The zero-order valence-corrected chi connectivity index (χ0v) is 43.4. The molecule has 3 unspecified atom stereocenters. The van der Waals surface area contributed by atoms with Crippen molar-refractivity contribution in [3.8, 4) is 34.5 Å². The monoisotopic (exact) mass is 943 g/mol. The van der Waals surface area contributed by atoms with E-state index in [2.05, 4.69) is 75.1 Å². The van der Waals surface area contributed by atoms with E-state index in [0.717, 1.165) is 28.6 Å². The molecule has 3 N–H and O–H groups in total. The van der Waals surface area contributed by atoms with Gasteiger partial charge in [0.1, 0.15) is 17.5 Å². The van der Waals surface area contributed by atoms with Crippen molar-refractivity contribution < 1.29 is 47.6 Å². The second kappa shape index (κ2) is 20.5. The van der Waals surface area contributed by atoms with Gasteiger partial charge in [-0.3, -0.25) is 9.74 Å². The zero-order valence-electron chi connectivity index (χ0n) is 42.4. The maximum Gasteiger partial charge on any atom is 0.493 e. The number of morpholine rings is 1. The molecule has 67 heavy (non-hydrogen) atoms. The lowest BCUT2D eigenvalue weighted by molar-refractivity contribution is -0.0599. The minimum atomic E-state index is -1.94. The largest absolute Gasteiger partial charge is 0.504 e. The van der Waals surface area contributed by atoms with Gasteiger partial charge >= 0.3 is 7.12 Å². The number of hydrogen-bond donors (Lipinski definition) is 3. The standard InChI is InChI=1S/C51H75BN4O10Si/c1-29(2)67(15,30(3)4)66-22-20-35-26-56(21-23-63-35)50(53-9)39-25-37-41(45(58)49(62-14)32(6)47(37)60-12)43(55(39)10)38-24-36-40(44(57)48(61-13)31(5)46(36)59-11)42(54-38)33-16-18-34(19-17-33)52-64-27-51(7,8)28-65-52/h16-19,29-30,35,38-39,42-43,50,54,57-58H,20-28H2,1-8,10-15H3/t35-,38?,39?,42-,43?,50-/m0/s1. The Kier molecular flexibility index (Phi) is 15.6. The Hall–Kier alpha value is -4.05. The van der Waals surface area contributed by atoms with Crippen molar-refractivity contribution in [2.45, 2.75) is 129 Å². The summed E-state index contributed by atoms with van der Waals surface area (Å²) in [4.78, 5) is 8.96. The summed E-state index contributed by atoms with van der Waals surface area (Å²) in [5, 5.41) is 28.5. The van der Waals surface area contributed by atoms with Crippen molar-refractivity contribution in [1.29, 1.82) is 0 Å². The van der Waals surface area contributed by atoms with E-state index < -0.39 is 39.7 Å². The average molecular weight is 943 g/mol. The van der Waals surface area contributed by atoms with Crippen LogP contribution in [0.3, 0.4) is 0 Å². The van der Waals surface area contributed by atoms with Crippen LogP contribution in [-0.2, 0) is 31.3 Å². The smallest absolute Gasteiger partial charge is 0.493 e. The normalized spacial score (nSPS) is 23.9. The number of benzene rings is 3. The molecular formula is C51H75BN4O10Si. The van der Waals surface area contributed by atoms with Gasteiger partial charge in [-0.15, -0.1) is 0 Å². The Bertz CT molecular complexity index is 2270. The van der Waals surface area contributed by atoms with Gasteiger partial charge in [0.2, 0.25) is 0 Å². The third-order valence-corrected chi connectivity index (χ3v) is 20.8. The maximum atomic E-state index is 12.4. The zero-order chi connectivity index (χ0) is 48.7. The van der Waals surface area contributed by atoms with Gasteiger partial charge in [-0.05, 0) is 62.4 Å². The quantitative estimate of drug-likeness (QED) is 0.103. The number of likely N-dealkylation sites (N-methyl/N-ethyl adjacent to an activating group) is 1. The lowest BCUT2D eigenvalue weighted by Gasteiger charge is -2.49. The number of phenols is 2. The first-order chi connectivity index (χ1) is 31.9. The Morgan fingerprint density at radius 3 is 1.96 bits per heavy atom. The lowest BCUT2D eigenvalue weighted by atomic mass is 9.74. The first-order valence-electron chi connectivity index (χ1n) is 24.0. The molecule has 0 aromatic heterocycles. The van der Waals surface area contributed by atoms with Crippen molar-refractivity contribution in [3.05, 3.63) is 74.6 Å². The predicted molar refractivity (Wildman–Crippen MR) is 264 cm³/mol. The van der Waals surface area contributed by atoms with Crippen molar-refractivity contribution in [3.63, 3.8) is 0 Å². The summed E-state index contributed by atoms with van der Waals surface area (Å²) in [6, 6.07) is 6.33. The van der Waals surface area contributed by atoms with Crippen molar-refractivity contribution in [1.82, 2.24) is 15.1 Å². The van der Waals surface area contributed by atoms with E-state index in [1.165, 1.54) is 0 Å². The summed E-state index contributed by atoms with van der Waals surface area (Å²) in [7, 11) is 6.03. The topological polar surface area (TPSA) is 137 Å². The van der Waals surface area contributed by atoms with Crippen LogP contribution in [0.2, 0.25) is 17.6 Å². The number of rotatable bonds is 15. The molecule has 0 saturated carbocycles. The van der Waals surface area contributed by atoms with Gasteiger partial charge < -0.3 is 52.9 Å². The Morgan fingerprint density at radius 1 is 0.866 bits per heavy atom. The van der Waals surface area contributed by atoms with E-state index in [9.17, 15) is 10.2 Å². The number of nitrogens with one attached hydrogen (secondary N) is 1. The van der Waals surface area contributed by atoms with Crippen molar-refractivity contribution in [2.24, 2.45) is 5.41 Å². The summed E-state index contributed by atoms with van der Waals surface area (Å²) in [6.07, 6.45) is 0.978. The summed E-state index contributed by atoms with van der Waals surface area (Å²) < 4.78 is 49.5. The number of hydrogen-bond acceptors (Lipinski definition) is 13. The highest BCUT2D eigenvalue weighted by atomic mass is 28.4. The number of ether oxygens (including phenoxy) is 5. The first-order valence-corrected chi connectivity index (χ1v) is 26.5. The Labute approximate surface area is 400 Å².